The van der Waals surface area contributed by atoms with E-state index in [9.17, 15) is 0 Å². The zero-order chi connectivity index (χ0) is 9.80. The third kappa shape index (κ3) is 2.45. The number of aliphatic hydroxyl groups is 1. The molecule has 0 bridgehead atoms. The van der Waals surface area contributed by atoms with Gasteiger partial charge in [0.1, 0.15) is 0 Å². The molecule has 2 aliphatic rings. The van der Waals surface area contributed by atoms with Crippen LogP contribution in [0.2, 0.25) is 0 Å². The van der Waals surface area contributed by atoms with Crippen molar-refractivity contribution in [2.24, 2.45) is 11.8 Å². The number of fused-ring (bicyclic) bond motifs is 1. The van der Waals surface area contributed by atoms with Gasteiger partial charge in [0, 0.05) is 19.6 Å². The summed E-state index contributed by atoms with van der Waals surface area (Å²) in [7, 11) is 0. The van der Waals surface area contributed by atoms with Gasteiger partial charge in [0.2, 0.25) is 0 Å². The first-order chi connectivity index (χ1) is 6.90. The summed E-state index contributed by atoms with van der Waals surface area (Å²) >= 11 is 0. The fraction of sp³-hybridized carbons (Fsp3) is 1.00. The van der Waals surface area contributed by atoms with Crippen molar-refractivity contribution in [1.29, 1.82) is 0 Å². The van der Waals surface area contributed by atoms with Gasteiger partial charge in [-0.3, -0.25) is 0 Å². The molecule has 82 valence electrons. The summed E-state index contributed by atoms with van der Waals surface area (Å²) < 4.78 is 5.26. The molecule has 0 aromatic carbocycles. The van der Waals surface area contributed by atoms with Crippen molar-refractivity contribution >= 4 is 0 Å². The standard InChI is InChI=1S/C10H20N2O2/c13-2-4-14-3-1-12-7-9-5-11-6-10(9)8-12/h9-11,13H,1-8H2/t9-,10+. The lowest BCUT2D eigenvalue weighted by atomic mass is 10.0. The van der Waals surface area contributed by atoms with E-state index in [0.29, 0.717) is 6.61 Å². The third-order valence-corrected chi connectivity index (χ3v) is 3.25. The number of hydrogen-bond acceptors (Lipinski definition) is 4. The maximum absolute atomic E-state index is 8.54. The smallest absolute Gasteiger partial charge is 0.0698 e. The quantitative estimate of drug-likeness (QED) is 0.567. The monoisotopic (exact) mass is 200 g/mol. The molecule has 0 aromatic heterocycles. The van der Waals surface area contributed by atoms with Gasteiger partial charge in [-0.15, -0.1) is 0 Å². The largest absolute Gasteiger partial charge is 0.394 e. The van der Waals surface area contributed by atoms with E-state index >= 15 is 0 Å². The van der Waals surface area contributed by atoms with Crippen LogP contribution < -0.4 is 5.32 Å². The Labute approximate surface area is 85.2 Å². The number of ether oxygens (including phenoxy) is 1. The lowest BCUT2D eigenvalue weighted by Crippen LogP contribution is -2.29. The van der Waals surface area contributed by atoms with Gasteiger partial charge >= 0.3 is 0 Å². The molecule has 2 aliphatic heterocycles. The maximum Gasteiger partial charge on any atom is 0.0698 e. The second kappa shape index (κ2) is 5.07. The van der Waals surface area contributed by atoms with E-state index in [2.05, 4.69) is 10.2 Å². The zero-order valence-electron chi connectivity index (χ0n) is 8.61. The van der Waals surface area contributed by atoms with Gasteiger partial charge in [0.25, 0.3) is 0 Å². The van der Waals surface area contributed by atoms with E-state index in [1.165, 1.54) is 26.2 Å². The second-order valence-corrected chi connectivity index (χ2v) is 4.27. The SMILES string of the molecule is OCCOCCN1C[C@H]2CNC[C@H]2C1. The number of nitrogens with one attached hydrogen (secondary N) is 1. The molecule has 2 fully saturated rings. The van der Waals surface area contributed by atoms with E-state index in [1.54, 1.807) is 0 Å². The van der Waals surface area contributed by atoms with Crippen LogP contribution >= 0.6 is 0 Å². The predicted molar refractivity (Wildman–Crippen MR) is 54.2 cm³/mol. The van der Waals surface area contributed by atoms with Crippen molar-refractivity contribution in [3.8, 4) is 0 Å². The maximum atomic E-state index is 8.54. The minimum absolute atomic E-state index is 0.134. The molecular weight excluding hydrogens is 180 g/mol. The number of aliphatic hydroxyl groups excluding tert-OH is 1. The lowest BCUT2D eigenvalue weighted by molar-refractivity contribution is 0.0768. The Morgan fingerprint density at radius 3 is 2.57 bits per heavy atom. The molecule has 0 saturated carbocycles. The molecule has 0 unspecified atom stereocenters. The molecule has 4 nitrogen and oxygen atoms in total. The van der Waals surface area contributed by atoms with Crippen molar-refractivity contribution in [1.82, 2.24) is 10.2 Å². The first-order valence-corrected chi connectivity index (χ1v) is 5.52. The van der Waals surface area contributed by atoms with Crippen LogP contribution in [0.1, 0.15) is 0 Å². The first-order valence-electron chi connectivity index (χ1n) is 5.52. The highest BCUT2D eigenvalue weighted by Crippen LogP contribution is 2.25. The third-order valence-electron chi connectivity index (χ3n) is 3.25. The Morgan fingerprint density at radius 2 is 1.93 bits per heavy atom. The van der Waals surface area contributed by atoms with Crippen LogP contribution in [0, 0.1) is 11.8 Å². The summed E-state index contributed by atoms with van der Waals surface area (Å²) in [5.74, 6) is 1.74. The highest BCUT2D eigenvalue weighted by atomic mass is 16.5. The minimum Gasteiger partial charge on any atom is -0.394 e. The van der Waals surface area contributed by atoms with Gasteiger partial charge in [0.15, 0.2) is 0 Å². The number of rotatable bonds is 5. The lowest BCUT2D eigenvalue weighted by Gasteiger charge is -2.16. The molecule has 0 spiro atoms. The molecular formula is C10H20N2O2. The van der Waals surface area contributed by atoms with Crippen LogP contribution in [0.3, 0.4) is 0 Å². The average Bonchev–Trinajstić information content (AvgIpc) is 2.72. The summed E-state index contributed by atoms with van der Waals surface area (Å²) in [6.07, 6.45) is 0. The Morgan fingerprint density at radius 1 is 1.21 bits per heavy atom. The zero-order valence-corrected chi connectivity index (χ0v) is 8.61. The summed E-state index contributed by atoms with van der Waals surface area (Å²) in [4.78, 5) is 2.48. The molecule has 0 aromatic rings. The molecule has 2 saturated heterocycles. The number of likely N-dealkylation sites (tertiary alicyclic amines) is 1. The molecule has 2 rings (SSSR count). The van der Waals surface area contributed by atoms with Crippen molar-refractivity contribution in [2.45, 2.75) is 0 Å². The molecule has 4 heteroatoms. The molecule has 2 heterocycles. The van der Waals surface area contributed by atoms with E-state index in [4.69, 9.17) is 9.84 Å². The van der Waals surface area contributed by atoms with Crippen LogP contribution in [0.4, 0.5) is 0 Å². The second-order valence-electron chi connectivity index (χ2n) is 4.27. The first kappa shape index (κ1) is 10.4. The van der Waals surface area contributed by atoms with Gasteiger partial charge in [-0.1, -0.05) is 0 Å². The topological polar surface area (TPSA) is 44.7 Å². The molecule has 0 aliphatic carbocycles. The number of nitrogens with zero attached hydrogens (tertiary/aromatic N) is 1. The molecule has 0 radical (unpaired) electrons. The van der Waals surface area contributed by atoms with E-state index < -0.39 is 0 Å². The highest BCUT2D eigenvalue weighted by Gasteiger charge is 2.35. The van der Waals surface area contributed by atoms with Crippen LogP contribution in [0.5, 0.6) is 0 Å². The van der Waals surface area contributed by atoms with Gasteiger partial charge in [0.05, 0.1) is 19.8 Å². The normalized spacial score (nSPS) is 32.4. The summed E-state index contributed by atoms with van der Waals surface area (Å²) in [5.41, 5.74) is 0. The van der Waals surface area contributed by atoms with E-state index in [-0.39, 0.29) is 6.61 Å². The number of hydrogen-bond donors (Lipinski definition) is 2. The van der Waals surface area contributed by atoms with Crippen molar-refractivity contribution in [2.75, 3.05) is 52.5 Å². The van der Waals surface area contributed by atoms with Gasteiger partial charge in [-0.2, -0.15) is 0 Å². The minimum atomic E-state index is 0.134. The fourth-order valence-corrected chi connectivity index (χ4v) is 2.50. The van der Waals surface area contributed by atoms with Gasteiger partial charge in [-0.05, 0) is 24.9 Å². The molecule has 2 atom stereocenters. The van der Waals surface area contributed by atoms with Crippen LogP contribution in [-0.4, -0.2) is 62.6 Å². The van der Waals surface area contributed by atoms with Crippen LogP contribution in [-0.2, 0) is 4.74 Å². The van der Waals surface area contributed by atoms with Gasteiger partial charge in [-0.25, -0.2) is 0 Å². The fourth-order valence-electron chi connectivity index (χ4n) is 2.50. The van der Waals surface area contributed by atoms with Crippen molar-refractivity contribution in [3.63, 3.8) is 0 Å². The Balaban J connectivity index is 1.60. The molecule has 0 amide bonds. The van der Waals surface area contributed by atoms with Crippen LogP contribution in [0.25, 0.3) is 0 Å². The summed E-state index contributed by atoms with van der Waals surface area (Å²) in [5, 5.41) is 12.0. The predicted octanol–water partition coefficient (Wildman–Crippen LogP) is -0.853. The van der Waals surface area contributed by atoms with Gasteiger partial charge < -0.3 is 20.1 Å². The Kier molecular flexibility index (Phi) is 3.75. The Bertz CT molecular complexity index is 166. The molecule has 14 heavy (non-hydrogen) atoms. The Hall–Kier alpha value is -0.160. The average molecular weight is 200 g/mol. The van der Waals surface area contributed by atoms with Crippen molar-refractivity contribution < 1.29 is 9.84 Å². The summed E-state index contributed by atoms with van der Waals surface area (Å²) in [6, 6.07) is 0. The summed E-state index contributed by atoms with van der Waals surface area (Å²) in [6.45, 7) is 7.22. The van der Waals surface area contributed by atoms with Crippen LogP contribution in [0.15, 0.2) is 0 Å². The highest BCUT2D eigenvalue weighted by molar-refractivity contribution is 4.90. The molecule has 2 N–H and O–H groups in total. The van der Waals surface area contributed by atoms with E-state index in [0.717, 1.165) is 25.0 Å². The van der Waals surface area contributed by atoms with E-state index in [1.807, 2.05) is 0 Å². The van der Waals surface area contributed by atoms with Crippen molar-refractivity contribution in [3.05, 3.63) is 0 Å².